The van der Waals surface area contributed by atoms with Crippen LogP contribution in [-0.2, 0) is 53.1 Å². The maximum atomic E-state index is 12.7. The van der Waals surface area contributed by atoms with Crippen LogP contribution in [-0.4, -0.2) is 34.2 Å². The Labute approximate surface area is 168 Å². The number of phosphoric acid groups is 3. The van der Waals surface area contributed by atoms with Crippen molar-refractivity contribution in [2.75, 3.05) is 0 Å². The van der Waals surface area contributed by atoms with Crippen molar-refractivity contribution in [3.8, 4) is 0 Å². The van der Waals surface area contributed by atoms with Crippen LogP contribution >= 0.6 is 40.7 Å². The highest BCUT2D eigenvalue weighted by Crippen LogP contribution is 2.86. The average molecular weight is 524 g/mol. The molecule has 0 aliphatic carbocycles. The van der Waals surface area contributed by atoms with Gasteiger partial charge in [-0.3, -0.25) is 13.6 Å². The zero-order valence-electron chi connectivity index (χ0n) is 15.3. The first-order valence-corrected chi connectivity index (χ1v) is 14.7. The zero-order chi connectivity index (χ0) is 21.9. The lowest BCUT2D eigenvalue weighted by Crippen LogP contribution is -2.17. The summed E-state index contributed by atoms with van der Waals surface area (Å²) in [6.45, 7) is 4.57. The van der Waals surface area contributed by atoms with Crippen LogP contribution in [0.25, 0.3) is 0 Å². The van der Waals surface area contributed by atoms with Crippen molar-refractivity contribution in [1.82, 2.24) is 0 Å². The number of hydrogen-bond acceptors (Lipinski definition) is 15. The lowest BCUT2D eigenvalue weighted by molar-refractivity contribution is -0.0475. The van der Waals surface area contributed by atoms with Crippen LogP contribution in [0.5, 0.6) is 0 Å². The molecule has 2 aliphatic rings. The summed E-state index contributed by atoms with van der Waals surface area (Å²) in [5, 5.41) is 28.2. The van der Waals surface area contributed by atoms with Crippen molar-refractivity contribution < 1.29 is 68.4 Å². The second-order valence-corrected chi connectivity index (χ2v) is 13.3. The predicted octanol–water partition coefficient (Wildman–Crippen LogP) is 4.13. The van der Waals surface area contributed by atoms with Crippen molar-refractivity contribution in [1.29, 1.82) is 0 Å². The summed E-state index contributed by atoms with van der Waals surface area (Å²) in [4.78, 5) is 0. The number of aliphatic hydroxyl groups is 3. The fourth-order valence-corrected chi connectivity index (χ4v) is 9.58. The Kier molecular flexibility index (Phi) is 9.80. The Bertz CT molecular complexity index is 621. The molecule has 20 heteroatoms. The maximum absolute atomic E-state index is 12.7. The monoisotopic (exact) mass is 524 g/mol. The Morgan fingerprint density at radius 2 is 1.14 bits per heavy atom. The van der Waals surface area contributed by atoms with Gasteiger partial charge < -0.3 is 15.3 Å². The SMILES string of the molecule is CCC(O)OP1(=O)OP(OP(=O)(OC(O)CC)OP2OP(=O)(OC(O)CC)O2)O1. The van der Waals surface area contributed by atoms with Gasteiger partial charge in [0.15, 0.2) is 18.9 Å². The Hall–Kier alpha value is 1.07. The summed E-state index contributed by atoms with van der Waals surface area (Å²) in [6, 6.07) is 0. The molecule has 2 rings (SSSR count). The van der Waals surface area contributed by atoms with Crippen molar-refractivity contribution in [2.24, 2.45) is 0 Å². The highest BCUT2D eigenvalue weighted by atomic mass is 31.4. The van der Waals surface area contributed by atoms with E-state index in [0.29, 0.717) is 0 Å². The molecule has 29 heavy (non-hydrogen) atoms. The lowest BCUT2D eigenvalue weighted by atomic mass is 10.5. The van der Waals surface area contributed by atoms with E-state index < -0.39 is 59.5 Å². The van der Waals surface area contributed by atoms with E-state index in [1.54, 1.807) is 13.8 Å². The number of aliphatic hydroxyl groups excluding tert-OH is 3. The number of rotatable bonds is 13. The van der Waals surface area contributed by atoms with Gasteiger partial charge in [0.25, 0.3) is 0 Å². The second-order valence-electron chi connectivity index (χ2n) is 5.18. The van der Waals surface area contributed by atoms with Gasteiger partial charge >= 0.3 is 40.7 Å². The van der Waals surface area contributed by atoms with E-state index in [4.69, 9.17) is 30.4 Å². The summed E-state index contributed by atoms with van der Waals surface area (Å²) in [7, 11) is -18.0. The quantitative estimate of drug-likeness (QED) is 0.230. The molecule has 0 amide bonds. The zero-order valence-corrected chi connectivity index (χ0v) is 19.8. The molecule has 172 valence electrons. The van der Waals surface area contributed by atoms with Gasteiger partial charge in [0.05, 0.1) is 0 Å². The van der Waals surface area contributed by atoms with Gasteiger partial charge in [0.2, 0.25) is 0 Å². The van der Waals surface area contributed by atoms with Gasteiger partial charge in [-0.1, -0.05) is 20.8 Å². The fourth-order valence-electron chi connectivity index (χ4n) is 1.36. The summed E-state index contributed by atoms with van der Waals surface area (Å²) in [5.74, 6) is 0. The smallest absolute Gasteiger partial charge is 0.367 e. The minimum Gasteiger partial charge on any atom is -0.367 e. The molecule has 15 nitrogen and oxygen atoms in total. The van der Waals surface area contributed by atoms with Crippen LogP contribution in [0.1, 0.15) is 40.0 Å². The highest BCUT2D eigenvalue weighted by Gasteiger charge is 2.57. The van der Waals surface area contributed by atoms with Crippen molar-refractivity contribution in [3.05, 3.63) is 0 Å². The molecule has 0 spiro atoms. The first kappa shape index (κ1) is 26.3. The predicted molar refractivity (Wildman–Crippen MR) is 95.3 cm³/mol. The molecule has 0 radical (unpaired) electrons. The van der Waals surface area contributed by atoms with Crippen LogP contribution < -0.4 is 0 Å². The van der Waals surface area contributed by atoms with Gasteiger partial charge in [-0.2, -0.15) is 0 Å². The molecule has 2 saturated heterocycles. The van der Waals surface area contributed by atoms with Crippen LogP contribution in [0.3, 0.4) is 0 Å². The average Bonchev–Trinajstić information content (AvgIpc) is 2.58. The second kappa shape index (κ2) is 10.8. The first-order chi connectivity index (χ1) is 13.4. The summed E-state index contributed by atoms with van der Waals surface area (Å²) in [6.07, 6.45) is -4.29. The first-order valence-electron chi connectivity index (χ1n) is 8.11. The van der Waals surface area contributed by atoms with Gasteiger partial charge in [0, 0.05) is 0 Å². The Morgan fingerprint density at radius 3 is 1.45 bits per heavy atom. The largest absolute Gasteiger partial charge is 0.490 e. The molecule has 0 bridgehead atoms. The van der Waals surface area contributed by atoms with Crippen LogP contribution in [0.4, 0.5) is 0 Å². The van der Waals surface area contributed by atoms with Gasteiger partial charge in [0.1, 0.15) is 0 Å². The van der Waals surface area contributed by atoms with Gasteiger partial charge in [-0.15, -0.1) is 0 Å². The molecule has 0 aromatic rings. The van der Waals surface area contributed by atoms with Crippen molar-refractivity contribution in [3.63, 3.8) is 0 Å². The van der Waals surface area contributed by atoms with E-state index in [9.17, 15) is 29.0 Å². The van der Waals surface area contributed by atoms with Crippen molar-refractivity contribution in [2.45, 2.75) is 58.9 Å². The van der Waals surface area contributed by atoms with E-state index in [2.05, 4.69) is 9.05 Å². The lowest BCUT2D eigenvalue weighted by Gasteiger charge is -2.36. The third-order valence-corrected chi connectivity index (χ3v) is 12.3. The fraction of sp³-hybridized carbons (Fsp3) is 1.00. The summed E-state index contributed by atoms with van der Waals surface area (Å²) >= 11 is 0. The third kappa shape index (κ3) is 7.86. The summed E-state index contributed by atoms with van der Waals surface area (Å²) < 4.78 is 79.1. The molecule has 0 aromatic heterocycles. The van der Waals surface area contributed by atoms with Crippen LogP contribution in [0.15, 0.2) is 0 Å². The minimum absolute atomic E-state index is 0.0232. The Balaban J connectivity index is 1.92. The molecule has 3 N–H and O–H groups in total. The topological polar surface area (TPSA) is 195 Å². The van der Waals surface area contributed by atoms with E-state index >= 15 is 0 Å². The van der Waals surface area contributed by atoms with Crippen LogP contribution in [0.2, 0.25) is 0 Å². The molecule has 0 saturated carbocycles. The molecule has 2 heterocycles. The third-order valence-electron chi connectivity index (χ3n) is 2.80. The van der Waals surface area contributed by atoms with E-state index in [1.807, 2.05) is 0 Å². The molecular formula is C9H21O15P5. The van der Waals surface area contributed by atoms with Gasteiger partial charge in [-0.05, 0) is 19.3 Å². The number of hydrogen-bond donors (Lipinski definition) is 3. The van der Waals surface area contributed by atoms with Crippen molar-refractivity contribution >= 4 is 40.7 Å². The summed E-state index contributed by atoms with van der Waals surface area (Å²) in [5.41, 5.74) is 0. The molecule has 3 unspecified atom stereocenters. The standard InChI is InChI=1S/C9H21O15P5/c1-4-7(10)16-27(13)19-25(20-27)23-29(15,18-9(12)6-3)24-26-21-28(14,22-26)17-8(11)5-2/h7-12H,4-6H2,1-3H3. The minimum atomic E-state index is -4.70. The van der Waals surface area contributed by atoms with Gasteiger partial charge in [-0.25, -0.2) is 39.6 Å². The molecule has 2 fully saturated rings. The highest BCUT2D eigenvalue weighted by molar-refractivity contribution is 7.78. The molecule has 3 atom stereocenters. The Morgan fingerprint density at radius 1 is 0.793 bits per heavy atom. The van der Waals surface area contributed by atoms with E-state index in [1.165, 1.54) is 6.92 Å². The maximum Gasteiger partial charge on any atom is 0.490 e. The van der Waals surface area contributed by atoms with E-state index in [0.717, 1.165) is 0 Å². The van der Waals surface area contributed by atoms with Crippen LogP contribution in [0, 0.1) is 0 Å². The normalized spacial score (nSPS) is 37.0. The molecular weight excluding hydrogens is 503 g/mol. The molecule has 0 aromatic carbocycles. The van der Waals surface area contributed by atoms with E-state index in [-0.39, 0.29) is 19.3 Å². The molecule has 2 aliphatic heterocycles.